The van der Waals surface area contributed by atoms with Crippen molar-refractivity contribution >= 4 is 6.08 Å². The molecule has 1 heteroatoms. The van der Waals surface area contributed by atoms with Gasteiger partial charge in [-0.2, -0.15) is 0 Å². The first-order chi connectivity index (χ1) is 7.85. The second-order valence-electron chi connectivity index (χ2n) is 3.36. The van der Waals surface area contributed by atoms with Crippen LogP contribution in [0.4, 0.5) is 0 Å². The van der Waals surface area contributed by atoms with Crippen LogP contribution >= 0.6 is 0 Å². The second-order valence-corrected chi connectivity index (χ2v) is 3.36. The van der Waals surface area contributed by atoms with Crippen LogP contribution in [0.5, 0.6) is 0 Å². The van der Waals surface area contributed by atoms with Gasteiger partial charge in [-0.3, -0.25) is 0 Å². The summed E-state index contributed by atoms with van der Waals surface area (Å²) in [6.45, 7) is 10.1. The van der Waals surface area contributed by atoms with Crippen molar-refractivity contribution in [3.05, 3.63) is 55.3 Å². The molecule has 0 saturated carbocycles. The summed E-state index contributed by atoms with van der Waals surface area (Å²) in [7, 11) is 0. The Morgan fingerprint density at radius 2 is 1.81 bits per heavy atom. The molecule has 0 bridgehead atoms. The smallest absolute Gasteiger partial charge is 0.0873 e. The Morgan fingerprint density at radius 1 is 1.12 bits per heavy atom. The molecule has 0 aromatic heterocycles. The lowest BCUT2D eigenvalue weighted by atomic mass is 10.2. The van der Waals surface area contributed by atoms with Crippen LogP contribution in [0.2, 0.25) is 0 Å². The molecule has 16 heavy (non-hydrogen) atoms. The number of unbranched alkanes of at least 4 members (excludes halogenated alkanes) is 2. The van der Waals surface area contributed by atoms with Gasteiger partial charge in [-0.25, -0.2) is 0 Å². The third kappa shape index (κ3) is 9.07. The minimum atomic E-state index is 0.831. The molecule has 1 aromatic carbocycles. The van der Waals surface area contributed by atoms with E-state index < -0.39 is 0 Å². The highest BCUT2D eigenvalue weighted by atomic mass is 16.5. The molecule has 0 aliphatic heterocycles. The molecular weight excluding hydrogens is 196 g/mol. The Kier molecular flexibility index (Phi) is 10.5. The second kappa shape index (κ2) is 11.6. The maximum absolute atomic E-state index is 4.90. The Bertz CT molecular complexity index is 264. The van der Waals surface area contributed by atoms with Crippen LogP contribution in [-0.2, 0) is 4.74 Å². The van der Waals surface area contributed by atoms with E-state index in [0.29, 0.717) is 0 Å². The molecule has 0 atom stereocenters. The van der Waals surface area contributed by atoms with Gasteiger partial charge in [-0.15, -0.1) is 0 Å². The fraction of sp³-hybridized carbons (Fsp3) is 0.333. The van der Waals surface area contributed by atoms with Crippen molar-refractivity contribution in [1.82, 2.24) is 0 Å². The molecule has 0 aliphatic carbocycles. The van der Waals surface area contributed by atoms with Crippen LogP contribution in [0.15, 0.2) is 49.8 Å². The summed E-state index contributed by atoms with van der Waals surface area (Å²) in [6.07, 6.45) is 6.99. The van der Waals surface area contributed by atoms with E-state index in [1.54, 1.807) is 0 Å². The lowest BCUT2D eigenvalue weighted by Crippen LogP contribution is -1.84. The first kappa shape index (κ1) is 14.5. The highest BCUT2D eigenvalue weighted by Gasteiger charge is 1.81. The predicted molar refractivity (Wildman–Crippen MR) is 72.2 cm³/mol. The molecule has 0 N–H and O–H groups in total. The first-order valence-electron chi connectivity index (χ1n) is 5.75. The van der Waals surface area contributed by atoms with Gasteiger partial charge in [0.25, 0.3) is 0 Å². The zero-order valence-electron chi connectivity index (χ0n) is 10.2. The molecule has 0 saturated heterocycles. The molecule has 1 rings (SSSR count). The van der Waals surface area contributed by atoms with Crippen molar-refractivity contribution in [2.24, 2.45) is 0 Å². The summed E-state index contributed by atoms with van der Waals surface area (Å²) in [4.78, 5) is 0. The number of ether oxygens (including phenoxy) is 1. The van der Waals surface area contributed by atoms with E-state index in [1.807, 2.05) is 36.4 Å². The Labute approximate surface area is 99.5 Å². The number of benzene rings is 1. The van der Waals surface area contributed by atoms with Crippen molar-refractivity contribution in [1.29, 1.82) is 0 Å². The van der Waals surface area contributed by atoms with Crippen LogP contribution in [0.1, 0.15) is 31.7 Å². The normalized spacial score (nSPS) is 8.56. The van der Waals surface area contributed by atoms with E-state index in [-0.39, 0.29) is 0 Å². The monoisotopic (exact) mass is 218 g/mol. The van der Waals surface area contributed by atoms with Gasteiger partial charge in [0, 0.05) is 0 Å². The summed E-state index contributed by atoms with van der Waals surface area (Å²) in [5.41, 5.74) is 1.17. The van der Waals surface area contributed by atoms with Gasteiger partial charge < -0.3 is 4.74 Å². The van der Waals surface area contributed by atoms with Crippen molar-refractivity contribution < 1.29 is 4.74 Å². The van der Waals surface area contributed by atoms with E-state index in [2.05, 4.69) is 20.1 Å². The van der Waals surface area contributed by atoms with E-state index in [0.717, 1.165) is 13.0 Å². The van der Waals surface area contributed by atoms with Crippen LogP contribution in [0.25, 0.3) is 6.08 Å². The predicted octanol–water partition coefficient (Wildman–Crippen LogP) is 4.67. The zero-order valence-corrected chi connectivity index (χ0v) is 10.2. The molecule has 0 heterocycles. The SMILES string of the molecule is C=COCCCCC.C=Cc1ccccc1. The van der Waals surface area contributed by atoms with Crippen LogP contribution in [0, 0.1) is 0 Å². The first-order valence-corrected chi connectivity index (χ1v) is 5.75. The number of hydrogen-bond donors (Lipinski definition) is 0. The molecule has 1 nitrogen and oxygen atoms in total. The van der Waals surface area contributed by atoms with Crippen molar-refractivity contribution in [3.8, 4) is 0 Å². The third-order valence-corrected chi connectivity index (χ3v) is 2.02. The minimum Gasteiger partial charge on any atom is -0.502 e. The number of rotatable bonds is 6. The minimum absolute atomic E-state index is 0.831. The lowest BCUT2D eigenvalue weighted by Gasteiger charge is -1.96. The van der Waals surface area contributed by atoms with E-state index in [4.69, 9.17) is 4.74 Å². The van der Waals surface area contributed by atoms with Gasteiger partial charge in [0.15, 0.2) is 0 Å². The van der Waals surface area contributed by atoms with Gasteiger partial charge in [-0.1, -0.05) is 69.3 Å². The summed E-state index contributed by atoms with van der Waals surface area (Å²) in [5.74, 6) is 0. The quantitative estimate of drug-likeness (QED) is 0.498. The average Bonchev–Trinajstić information content (AvgIpc) is 2.36. The molecule has 0 fully saturated rings. The molecule has 88 valence electrons. The fourth-order valence-corrected chi connectivity index (χ4v) is 1.11. The van der Waals surface area contributed by atoms with Gasteiger partial charge in [-0.05, 0) is 12.0 Å². The Balaban J connectivity index is 0.000000281. The third-order valence-electron chi connectivity index (χ3n) is 2.02. The Morgan fingerprint density at radius 3 is 2.25 bits per heavy atom. The number of hydrogen-bond acceptors (Lipinski definition) is 1. The topological polar surface area (TPSA) is 9.23 Å². The molecule has 1 aromatic rings. The largest absolute Gasteiger partial charge is 0.502 e. The van der Waals surface area contributed by atoms with Gasteiger partial charge in [0.1, 0.15) is 0 Å². The van der Waals surface area contributed by atoms with Crippen LogP contribution in [0.3, 0.4) is 0 Å². The van der Waals surface area contributed by atoms with E-state index in [9.17, 15) is 0 Å². The summed E-state index contributed by atoms with van der Waals surface area (Å²) in [5, 5.41) is 0. The van der Waals surface area contributed by atoms with Crippen molar-refractivity contribution in [3.63, 3.8) is 0 Å². The summed E-state index contributed by atoms with van der Waals surface area (Å²) in [6, 6.07) is 10.0. The lowest BCUT2D eigenvalue weighted by molar-refractivity contribution is 0.243. The zero-order chi connectivity index (χ0) is 12.1. The maximum atomic E-state index is 4.90. The molecule has 0 amide bonds. The fourth-order valence-electron chi connectivity index (χ4n) is 1.11. The molecular formula is C15H22O. The van der Waals surface area contributed by atoms with Gasteiger partial charge >= 0.3 is 0 Å². The Hall–Kier alpha value is -1.50. The van der Waals surface area contributed by atoms with Crippen LogP contribution < -0.4 is 0 Å². The standard InChI is InChI=1S/C8H8.C7H14O/c1-2-8-6-4-3-5-7-8;1-3-5-6-7-8-4-2/h2-7H,1H2;4H,2-3,5-7H2,1H3. The van der Waals surface area contributed by atoms with Crippen LogP contribution in [-0.4, -0.2) is 6.61 Å². The highest BCUT2D eigenvalue weighted by Crippen LogP contribution is 1.97. The maximum Gasteiger partial charge on any atom is 0.0873 e. The van der Waals surface area contributed by atoms with Gasteiger partial charge in [0.2, 0.25) is 0 Å². The van der Waals surface area contributed by atoms with Gasteiger partial charge in [0.05, 0.1) is 12.9 Å². The van der Waals surface area contributed by atoms with Crippen molar-refractivity contribution in [2.75, 3.05) is 6.61 Å². The van der Waals surface area contributed by atoms with E-state index in [1.165, 1.54) is 24.7 Å². The van der Waals surface area contributed by atoms with E-state index >= 15 is 0 Å². The molecule has 0 aliphatic rings. The molecule has 0 spiro atoms. The average molecular weight is 218 g/mol. The summed E-state index contributed by atoms with van der Waals surface area (Å²) < 4.78 is 4.90. The molecule has 0 radical (unpaired) electrons. The molecule has 0 unspecified atom stereocenters. The van der Waals surface area contributed by atoms with Crippen molar-refractivity contribution in [2.45, 2.75) is 26.2 Å². The highest BCUT2D eigenvalue weighted by molar-refractivity contribution is 5.45. The summed E-state index contributed by atoms with van der Waals surface area (Å²) >= 11 is 0.